The Hall–Kier alpha value is -2.02. The van der Waals surface area contributed by atoms with Crippen LogP contribution in [0, 0.1) is 11.3 Å². The molecule has 0 bridgehead atoms. The average Bonchev–Trinajstić information content (AvgIpc) is 2.61. The number of aromatic amines is 1. The van der Waals surface area contributed by atoms with E-state index in [1.807, 2.05) is 31.3 Å². The van der Waals surface area contributed by atoms with E-state index >= 15 is 0 Å². The molecule has 4 nitrogen and oxygen atoms in total. The first-order valence-electron chi connectivity index (χ1n) is 5.15. The molecule has 2 rings (SSSR count). The van der Waals surface area contributed by atoms with Gasteiger partial charge in [0, 0.05) is 32.1 Å². The highest BCUT2D eigenvalue weighted by Crippen LogP contribution is 2.32. The summed E-state index contributed by atoms with van der Waals surface area (Å²) < 4.78 is 0. The average molecular weight is 215 g/mol. The van der Waals surface area contributed by atoms with Crippen molar-refractivity contribution in [2.24, 2.45) is 0 Å². The van der Waals surface area contributed by atoms with Crippen LogP contribution < -0.4 is 5.56 Å². The summed E-state index contributed by atoms with van der Waals surface area (Å²) in [6.45, 7) is 0. The van der Waals surface area contributed by atoms with Gasteiger partial charge in [0.25, 0.3) is 5.56 Å². The minimum Gasteiger partial charge on any atom is -0.383 e. The van der Waals surface area contributed by atoms with Gasteiger partial charge < -0.3 is 9.88 Å². The predicted octanol–water partition coefficient (Wildman–Crippen LogP) is 1.10. The highest BCUT2D eigenvalue weighted by molar-refractivity contribution is 5.76. The molecule has 0 spiro atoms. The van der Waals surface area contributed by atoms with Crippen molar-refractivity contribution in [3.63, 3.8) is 0 Å². The molecule has 0 fully saturated rings. The van der Waals surface area contributed by atoms with E-state index < -0.39 is 0 Å². The van der Waals surface area contributed by atoms with E-state index in [1.54, 1.807) is 6.20 Å². The molecule has 82 valence electrons. The normalized spacial score (nSPS) is 15.9. The van der Waals surface area contributed by atoms with E-state index in [4.69, 9.17) is 5.26 Å². The number of hydrogen-bond acceptors (Lipinski definition) is 3. The third-order valence-corrected chi connectivity index (χ3v) is 2.69. The molecule has 1 aliphatic rings. The van der Waals surface area contributed by atoms with Gasteiger partial charge in [0.15, 0.2) is 0 Å². The van der Waals surface area contributed by atoms with Crippen molar-refractivity contribution in [2.75, 3.05) is 14.1 Å². The number of nitrogens with one attached hydrogen (secondary N) is 1. The van der Waals surface area contributed by atoms with E-state index in [0.29, 0.717) is 0 Å². The minimum atomic E-state index is -0.298. The van der Waals surface area contributed by atoms with E-state index in [1.165, 1.54) is 0 Å². The largest absolute Gasteiger partial charge is 0.383 e. The Bertz CT molecular complexity index is 546. The lowest BCUT2D eigenvalue weighted by molar-refractivity contribution is 0.564. The van der Waals surface area contributed by atoms with Gasteiger partial charge in [-0.2, -0.15) is 5.26 Å². The first kappa shape index (κ1) is 10.5. The molecule has 16 heavy (non-hydrogen) atoms. The van der Waals surface area contributed by atoms with E-state index in [9.17, 15) is 4.79 Å². The van der Waals surface area contributed by atoms with Gasteiger partial charge in [0.05, 0.1) is 0 Å². The van der Waals surface area contributed by atoms with Crippen molar-refractivity contribution < 1.29 is 0 Å². The molecule has 1 aromatic rings. The van der Waals surface area contributed by atoms with Crippen molar-refractivity contribution in [3.05, 3.63) is 39.4 Å². The first-order chi connectivity index (χ1) is 7.63. The van der Waals surface area contributed by atoms with Crippen molar-refractivity contribution in [1.29, 1.82) is 5.26 Å². The second-order valence-electron chi connectivity index (χ2n) is 4.12. The Labute approximate surface area is 93.8 Å². The molecule has 1 aliphatic carbocycles. The third kappa shape index (κ3) is 1.61. The fourth-order valence-corrected chi connectivity index (χ4v) is 2.08. The summed E-state index contributed by atoms with van der Waals surface area (Å²) in [6, 6.07) is 2.00. The quantitative estimate of drug-likeness (QED) is 0.763. The molecule has 1 heterocycles. The van der Waals surface area contributed by atoms with Crippen molar-refractivity contribution in [2.45, 2.75) is 12.8 Å². The number of H-pyrrole nitrogens is 1. The summed E-state index contributed by atoms with van der Waals surface area (Å²) in [6.07, 6.45) is 5.47. The van der Waals surface area contributed by atoms with Crippen LogP contribution in [0.3, 0.4) is 0 Å². The van der Waals surface area contributed by atoms with Crippen LogP contribution in [0.2, 0.25) is 0 Å². The first-order valence-corrected chi connectivity index (χ1v) is 5.15. The molecule has 1 aromatic heterocycles. The summed E-state index contributed by atoms with van der Waals surface area (Å²) >= 11 is 0. The molecule has 0 aromatic carbocycles. The zero-order valence-corrected chi connectivity index (χ0v) is 9.37. The zero-order valence-electron chi connectivity index (χ0n) is 9.37. The highest BCUT2D eigenvalue weighted by atomic mass is 16.1. The monoisotopic (exact) mass is 215 g/mol. The SMILES string of the molecule is CN(C)/C=C1\CCc2c[nH]c(=O)c(C#N)c21. The maximum absolute atomic E-state index is 11.5. The lowest BCUT2D eigenvalue weighted by atomic mass is 10.0. The van der Waals surface area contributed by atoms with Crippen molar-refractivity contribution >= 4 is 5.57 Å². The molecule has 0 amide bonds. The van der Waals surface area contributed by atoms with Gasteiger partial charge in [0.2, 0.25) is 0 Å². The fourth-order valence-electron chi connectivity index (χ4n) is 2.08. The lowest BCUT2D eigenvalue weighted by Crippen LogP contribution is -2.13. The van der Waals surface area contributed by atoms with Gasteiger partial charge in [-0.25, -0.2) is 0 Å². The number of pyridine rings is 1. The molecule has 0 atom stereocenters. The van der Waals surface area contributed by atoms with E-state index in [2.05, 4.69) is 4.98 Å². The Morgan fingerprint density at radius 3 is 2.88 bits per heavy atom. The van der Waals surface area contributed by atoms with Gasteiger partial charge in [-0.15, -0.1) is 0 Å². The summed E-state index contributed by atoms with van der Waals surface area (Å²) in [5, 5.41) is 9.02. The standard InChI is InChI=1S/C12H13N3O/c1-15(2)7-9-4-3-8-6-14-12(16)10(5-13)11(8)9/h6-7H,3-4H2,1-2H3,(H,14,16)/b9-7+. The van der Waals surface area contributed by atoms with Gasteiger partial charge in [0.1, 0.15) is 11.6 Å². The van der Waals surface area contributed by atoms with Gasteiger partial charge in [-0.3, -0.25) is 4.79 Å². The fraction of sp³-hybridized carbons (Fsp3) is 0.333. The summed E-state index contributed by atoms with van der Waals surface area (Å²) in [5.41, 5.74) is 2.91. The van der Waals surface area contributed by atoms with Crippen LogP contribution in [0.1, 0.15) is 23.1 Å². The number of nitriles is 1. The number of aryl methyl sites for hydroxylation is 1. The van der Waals surface area contributed by atoms with Crippen LogP contribution in [0.5, 0.6) is 0 Å². The molecule has 4 heteroatoms. The van der Waals surface area contributed by atoms with Gasteiger partial charge >= 0.3 is 0 Å². The summed E-state index contributed by atoms with van der Waals surface area (Å²) in [7, 11) is 3.87. The molecule has 0 aliphatic heterocycles. The minimum absolute atomic E-state index is 0.239. The number of nitrogens with zero attached hydrogens (tertiary/aromatic N) is 2. The molecular formula is C12H13N3O. The van der Waals surface area contributed by atoms with Crippen molar-refractivity contribution in [1.82, 2.24) is 9.88 Å². The predicted molar refractivity (Wildman–Crippen MR) is 61.8 cm³/mol. The van der Waals surface area contributed by atoms with Crippen LogP contribution in [0.25, 0.3) is 5.57 Å². The van der Waals surface area contributed by atoms with Gasteiger partial charge in [-0.05, 0) is 24.0 Å². The number of allylic oxidation sites excluding steroid dienone is 1. The molecule has 1 N–H and O–H groups in total. The van der Waals surface area contributed by atoms with Gasteiger partial charge in [-0.1, -0.05) is 0 Å². The Balaban J connectivity index is 2.66. The number of rotatable bonds is 1. The molecule has 0 radical (unpaired) electrons. The summed E-state index contributed by atoms with van der Waals surface area (Å²) in [5.74, 6) is 0. The maximum atomic E-state index is 11.5. The van der Waals surface area contributed by atoms with E-state index in [-0.39, 0.29) is 11.1 Å². The second-order valence-corrected chi connectivity index (χ2v) is 4.12. The second kappa shape index (κ2) is 3.86. The third-order valence-electron chi connectivity index (χ3n) is 2.69. The Kier molecular flexibility index (Phi) is 2.53. The smallest absolute Gasteiger partial charge is 0.266 e. The lowest BCUT2D eigenvalue weighted by Gasteiger charge is -2.08. The van der Waals surface area contributed by atoms with Crippen LogP contribution in [0.15, 0.2) is 17.2 Å². The highest BCUT2D eigenvalue weighted by Gasteiger charge is 2.22. The molecular weight excluding hydrogens is 202 g/mol. The summed E-state index contributed by atoms with van der Waals surface area (Å²) in [4.78, 5) is 16.1. The number of fused-ring (bicyclic) bond motifs is 1. The van der Waals surface area contributed by atoms with Crippen LogP contribution >= 0.6 is 0 Å². The zero-order chi connectivity index (χ0) is 11.7. The van der Waals surface area contributed by atoms with Crippen LogP contribution in [0.4, 0.5) is 0 Å². The molecule has 0 saturated carbocycles. The topological polar surface area (TPSA) is 59.9 Å². The number of aromatic nitrogens is 1. The maximum Gasteiger partial charge on any atom is 0.266 e. The van der Waals surface area contributed by atoms with E-state index in [0.717, 1.165) is 29.5 Å². The molecule has 0 saturated heterocycles. The number of hydrogen-bond donors (Lipinski definition) is 1. The van der Waals surface area contributed by atoms with Crippen LogP contribution in [-0.2, 0) is 6.42 Å². The Morgan fingerprint density at radius 1 is 1.50 bits per heavy atom. The Morgan fingerprint density at radius 2 is 2.25 bits per heavy atom. The molecule has 0 unspecified atom stereocenters. The van der Waals surface area contributed by atoms with Crippen LogP contribution in [-0.4, -0.2) is 24.0 Å². The van der Waals surface area contributed by atoms with Crippen molar-refractivity contribution in [3.8, 4) is 6.07 Å².